The van der Waals surface area contributed by atoms with E-state index < -0.39 is 40.9 Å². The second-order valence-corrected chi connectivity index (χ2v) is 7.21. The summed E-state index contributed by atoms with van der Waals surface area (Å²) in [6, 6.07) is 20.3. The molecule has 2 aromatic carbocycles. The summed E-state index contributed by atoms with van der Waals surface area (Å²) in [5, 5.41) is 10.0. The third-order valence-corrected chi connectivity index (χ3v) is 4.65. The minimum absolute atomic E-state index is 0. The molecule has 40 heavy (non-hydrogen) atoms. The quantitative estimate of drug-likeness (QED) is 0.142. The Labute approximate surface area is 237 Å². The molecule has 0 atom stereocenters. The average molecular weight is 731 g/mol. The number of nitrogens with zero attached hydrogens (tertiary/aromatic N) is 3. The number of aromatic carboxylic acids is 1. The molecule has 5 nitrogen and oxygen atoms in total. The summed E-state index contributed by atoms with van der Waals surface area (Å²) in [6.45, 7) is 0. The normalized spacial score (nSPS) is 9.75. The fraction of sp³-hybridized carbons (Fsp3) is 0. The van der Waals surface area contributed by atoms with E-state index >= 15 is 0 Å². The number of rotatable bonds is 3. The third kappa shape index (κ3) is 8.29. The molecule has 0 spiro atoms. The van der Waals surface area contributed by atoms with E-state index in [-0.39, 0.29) is 48.3 Å². The third-order valence-electron chi connectivity index (χ3n) is 4.65. The molecule has 5 rings (SSSR count). The van der Waals surface area contributed by atoms with Crippen molar-refractivity contribution < 1.29 is 56.3 Å². The summed E-state index contributed by atoms with van der Waals surface area (Å²) < 4.78 is 77.5. The van der Waals surface area contributed by atoms with Gasteiger partial charge in [0, 0.05) is 18.6 Å². The number of benzene rings is 2. The van der Waals surface area contributed by atoms with Crippen LogP contribution in [0.15, 0.2) is 85.3 Å². The van der Waals surface area contributed by atoms with Gasteiger partial charge in [0.1, 0.15) is 11.6 Å². The first-order valence-electron chi connectivity index (χ1n) is 10.8. The minimum atomic E-state index is -1.51. The van der Waals surface area contributed by atoms with Gasteiger partial charge in [-0.3, -0.25) is 22.5 Å². The number of hydrogen-bond acceptors (Lipinski definition) is 5. The Hall–Kier alpha value is -4.41. The van der Waals surface area contributed by atoms with Gasteiger partial charge >= 0.3 is 20.1 Å². The largest absolute Gasteiger partial charge is 3.00 e. The molecular weight excluding hydrogens is 717 g/mol. The predicted molar refractivity (Wildman–Crippen MR) is 125 cm³/mol. The van der Waals surface area contributed by atoms with Crippen LogP contribution in [0.2, 0.25) is 0 Å². The topological polar surface area (TPSA) is 78.8 Å². The zero-order valence-electron chi connectivity index (χ0n) is 19.8. The van der Waals surface area contributed by atoms with Crippen LogP contribution < -0.4 is 5.11 Å². The van der Waals surface area contributed by atoms with Gasteiger partial charge in [0.15, 0.2) is 0 Å². The Kier molecular flexibility index (Phi) is 12.1. The number of aromatic nitrogens is 3. The fourth-order valence-corrected chi connectivity index (χ4v) is 2.83. The molecule has 3 heterocycles. The predicted octanol–water partition coefficient (Wildman–Crippen LogP) is 5.37. The zero-order chi connectivity index (χ0) is 28.4. The molecule has 3 aromatic heterocycles. The van der Waals surface area contributed by atoms with Crippen LogP contribution in [-0.4, -0.2) is 20.9 Å². The number of hydrogen-bond donors (Lipinski definition) is 0. The Morgan fingerprint density at radius 2 is 1.00 bits per heavy atom. The zero-order valence-corrected chi connectivity index (χ0v) is 22.2. The standard InChI is InChI=1S/2C11H5F3N.C6H5NO2.Ir/c2*12-8-5-4-7(10(13)11(8)14)9-3-1-2-6-15-9;8-6(9)5-3-1-2-4-7-5;/h2*1-3,5-6H;1-4H,(H,8,9);/q2*-1;;+3/p-1. The van der Waals surface area contributed by atoms with Crippen molar-refractivity contribution >= 4 is 5.97 Å². The molecule has 0 aliphatic carbocycles. The molecule has 0 aliphatic rings. The summed E-state index contributed by atoms with van der Waals surface area (Å²) in [5.41, 5.74) is 0.0595. The van der Waals surface area contributed by atoms with Gasteiger partial charge in [-0.05, 0) is 35.7 Å². The van der Waals surface area contributed by atoms with Crippen LogP contribution in [0.1, 0.15) is 10.5 Å². The van der Waals surface area contributed by atoms with E-state index in [2.05, 4.69) is 27.1 Å². The van der Waals surface area contributed by atoms with Crippen LogP contribution in [0.4, 0.5) is 26.3 Å². The van der Waals surface area contributed by atoms with Crippen molar-refractivity contribution in [2.45, 2.75) is 0 Å². The Morgan fingerprint density at radius 3 is 1.30 bits per heavy atom. The van der Waals surface area contributed by atoms with Gasteiger partial charge in [0.05, 0.1) is 34.9 Å². The molecule has 0 saturated carbocycles. The van der Waals surface area contributed by atoms with Gasteiger partial charge < -0.3 is 19.9 Å². The Morgan fingerprint density at radius 1 is 0.600 bits per heavy atom. The summed E-state index contributed by atoms with van der Waals surface area (Å²) in [4.78, 5) is 21.2. The molecule has 204 valence electrons. The molecule has 0 bridgehead atoms. The number of pyridine rings is 3. The van der Waals surface area contributed by atoms with Crippen LogP contribution >= 0.6 is 0 Å². The van der Waals surface area contributed by atoms with Gasteiger partial charge in [-0.1, -0.05) is 41.5 Å². The number of carbonyl (C=O) groups is 1. The van der Waals surface area contributed by atoms with E-state index in [9.17, 15) is 36.2 Å². The van der Waals surface area contributed by atoms with Crippen molar-refractivity contribution in [3.8, 4) is 22.5 Å². The molecular formula is C28H14F6IrN3O2. The van der Waals surface area contributed by atoms with Gasteiger partial charge in [0.2, 0.25) is 0 Å². The average Bonchev–Trinajstić information content (AvgIpc) is 2.97. The molecule has 0 unspecified atom stereocenters. The number of carbonyl (C=O) groups excluding carboxylic acids is 1. The van der Waals surface area contributed by atoms with E-state index in [4.69, 9.17) is 0 Å². The van der Waals surface area contributed by atoms with Crippen LogP contribution in [0.5, 0.6) is 0 Å². The molecule has 0 aliphatic heterocycles. The number of carboxylic acid groups (broad SMARTS) is 1. The van der Waals surface area contributed by atoms with Crippen LogP contribution in [0.3, 0.4) is 0 Å². The Balaban J connectivity index is 0.000000215. The SMILES string of the molecule is Fc1c[c-]c(-c2ccccn2)c(F)c1F.Fc1c[c-]c(-c2ccccn2)c(F)c1F.O=C([O-])c1ccccn1.[Ir+3]. The molecule has 0 saturated heterocycles. The van der Waals surface area contributed by atoms with Crippen molar-refractivity contribution in [1.82, 2.24) is 15.0 Å². The Bertz CT molecular complexity index is 1450. The monoisotopic (exact) mass is 731 g/mol. The summed E-state index contributed by atoms with van der Waals surface area (Å²) >= 11 is 0. The minimum Gasteiger partial charge on any atom is -0.543 e. The van der Waals surface area contributed by atoms with E-state index in [0.29, 0.717) is 0 Å². The van der Waals surface area contributed by atoms with Crippen molar-refractivity contribution in [2.24, 2.45) is 0 Å². The second kappa shape index (κ2) is 15.2. The van der Waals surface area contributed by atoms with E-state index in [0.717, 1.165) is 12.1 Å². The molecule has 0 radical (unpaired) electrons. The summed E-state index contributed by atoms with van der Waals surface area (Å²) in [6.07, 6.45) is 4.28. The van der Waals surface area contributed by atoms with E-state index in [1.165, 1.54) is 36.8 Å². The maximum atomic E-state index is 13.3. The van der Waals surface area contributed by atoms with Gasteiger partial charge in [-0.15, -0.1) is 24.3 Å². The molecule has 5 aromatic rings. The summed E-state index contributed by atoms with van der Waals surface area (Å²) in [7, 11) is 0. The van der Waals surface area contributed by atoms with Crippen molar-refractivity contribution in [1.29, 1.82) is 0 Å². The first-order chi connectivity index (χ1) is 18.7. The maximum Gasteiger partial charge on any atom is 3.00 e. The second-order valence-electron chi connectivity index (χ2n) is 7.21. The van der Waals surface area contributed by atoms with Crippen LogP contribution in [0.25, 0.3) is 22.5 Å². The first-order valence-corrected chi connectivity index (χ1v) is 10.8. The van der Waals surface area contributed by atoms with E-state index in [1.807, 2.05) is 0 Å². The summed E-state index contributed by atoms with van der Waals surface area (Å²) in [5.74, 6) is -9.30. The smallest absolute Gasteiger partial charge is 0.543 e. The van der Waals surface area contributed by atoms with Crippen LogP contribution in [-0.2, 0) is 20.1 Å². The molecule has 12 heteroatoms. The first kappa shape index (κ1) is 31.8. The maximum absolute atomic E-state index is 13.3. The van der Waals surface area contributed by atoms with Gasteiger partial charge in [0.25, 0.3) is 0 Å². The van der Waals surface area contributed by atoms with Crippen LogP contribution in [0, 0.1) is 47.0 Å². The van der Waals surface area contributed by atoms with Crippen molar-refractivity contribution in [3.05, 3.63) is 138 Å². The number of halogens is 6. The van der Waals surface area contributed by atoms with Gasteiger partial charge in [-0.25, -0.2) is 8.78 Å². The molecule has 0 N–H and O–H groups in total. The van der Waals surface area contributed by atoms with E-state index in [1.54, 1.807) is 36.4 Å². The van der Waals surface area contributed by atoms with Crippen molar-refractivity contribution in [2.75, 3.05) is 0 Å². The fourth-order valence-electron chi connectivity index (χ4n) is 2.83. The number of carboxylic acids is 1. The van der Waals surface area contributed by atoms with Gasteiger partial charge in [-0.2, -0.15) is 0 Å². The van der Waals surface area contributed by atoms with Crippen molar-refractivity contribution in [3.63, 3.8) is 0 Å². The molecule has 0 fully saturated rings. The molecule has 0 amide bonds.